The first-order chi connectivity index (χ1) is 15.2. The molecule has 0 bridgehead atoms. The maximum absolute atomic E-state index is 12.9. The van der Waals surface area contributed by atoms with Crippen molar-refractivity contribution in [2.24, 2.45) is 0 Å². The minimum atomic E-state index is -0.410. The van der Waals surface area contributed by atoms with Gasteiger partial charge in [0.05, 0.1) is 18.0 Å². The highest BCUT2D eigenvalue weighted by molar-refractivity contribution is 8.00. The number of hydrogen-bond acceptors (Lipinski definition) is 6. The smallest absolute Gasteiger partial charge is 0.237 e. The molecule has 0 fully saturated rings. The van der Waals surface area contributed by atoms with E-state index in [1.807, 2.05) is 85.8 Å². The van der Waals surface area contributed by atoms with Crippen LogP contribution in [0.4, 0.5) is 5.69 Å². The number of rotatable bonds is 7. The molecule has 7 nitrogen and oxygen atoms in total. The number of methoxy groups -OCH3 is 1. The van der Waals surface area contributed by atoms with Crippen molar-refractivity contribution in [1.29, 1.82) is 0 Å². The van der Waals surface area contributed by atoms with E-state index in [9.17, 15) is 4.79 Å². The molecule has 31 heavy (non-hydrogen) atoms. The van der Waals surface area contributed by atoms with Crippen LogP contribution in [0, 0.1) is 0 Å². The van der Waals surface area contributed by atoms with Crippen molar-refractivity contribution in [2.75, 3.05) is 12.4 Å². The lowest BCUT2D eigenvalue weighted by Crippen LogP contribution is -2.23. The molecule has 0 saturated carbocycles. The highest BCUT2D eigenvalue weighted by Gasteiger charge is 2.20. The van der Waals surface area contributed by atoms with Gasteiger partial charge in [-0.25, -0.2) is 0 Å². The van der Waals surface area contributed by atoms with Crippen molar-refractivity contribution < 1.29 is 9.53 Å². The number of anilines is 1. The molecule has 0 radical (unpaired) electrons. The van der Waals surface area contributed by atoms with Crippen molar-refractivity contribution in [3.63, 3.8) is 0 Å². The number of nitrogens with one attached hydrogen (secondary N) is 1. The standard InChI is InChI=1S/C23H21N5O2S/c1-16(31-23-25-26-27-28(23)18-12-14-19(30-2)15-13-18)22(29)24-21-11-7-6-10-20(21)17-8-4-3-5-9-17/h3-16H,1-2H3,(H,24,29)/t16-/m1/s1. The molecule has 0 saturated heterocycles. The van der Waals surface area contributed by atoms with Crippen LogP contribution in [0.5, 0.6) is 5.75 Å². The third-order valence-electron chi connectivity index (χ3n) is 4.68. The van der Waals surface area contributed by atoms with Gasteiger partial charge in [0.15, 0.2) is 0 Å². The van der Waals surface area contributed by atoms with Gasteiger partial charge in [0, 0.05) is 11.3 Å². The normalized spacial score (nSPS) is 11.7. The van der Waals surface area contributed by atoms with Crippen molar-refractivity contribution in [1.82, 2.24) is 20.2 Å². The summed E-state index contributed by atoms with van der Waals surface area (Å²) in [6, 6.07) is 25.1. The number of hydrogen-bond donors (Lipinski definition) is 1. The van der Waals surface area contributed by atoms with Gasteiger partial charge in [-0.3, -0.25) is 4.79 Å². The van der Waals surface area contributed by atoms with Crippen LogP contribution in [0.15, 0.2) is 84.0 Å². The number of carbonyl (C=O) groups excluding carboxylic acids is 1. The van der Waals surface area contributed by atoms with Crippen molar-refractivity contribution in [2.45, 2.75) is 17.3 Å². The van der Waals surface area contributed by atoms with Crippen LogP contribution >= 0.6 is 11.8 Å². The van der Waals surface area contributed by atoms with E-state index >= 15 is 0 Å². The first-order valence-electron chi connectivity index (χ1n) is 9.70. The molecule has 1 heterocycles. The molecule has 156 valence electrons. The molecular weight excluding hydrogens is 410 g/mol. The third kappa shape index (κ3) is 4.75. The van der Waals surface area contributed by atoms with E-state index < -0.39 is 5.25 Å². The number of benzene rings is 3. The fraction of sp³-hybridized carbons (Fsp3) is 0.130. The Kier molecular flexibility index (Phi) is 6.28. The molecule has 1 amide bonds. The van der Waals surface area contributed by atoms with Crippen molar-refractivity contribution >= 4 is 23.4 Å². The van der Waals surface area contributed by atoms with Gasteiger partial charge in [0.25, 0.3) is 0 Å². The number of aromatic nitrogens is 4. The molecule has 0 aliphatic carbocycles. The molecular formula is C23H21N5O2S. The summed E-state index contributed by atoms with van der Waals surface area (Å²) in [6.45, 7) is 1.83. The number of nitrogens with zero attached hydrogens (tertiary/aromatic N) is 4. The van der Waals surface area contributed by atoms with Crippen LogP contribution in [0.1, 0.15) is 6.92 Å². The van der Waals surface area contributed by atoms with Crippen LogP contribution in [0.2, 0.25) is 0 Å². The summed E-state index contributed by atoms with van der Waals surface area (Å²) >= 11 is 1.29. The average molecular weight is 432 g/mol. The first kappa shape index (κ1) is 20.6. The molecule has 0 aliphatic rings. The second-order valence-electron chi connectivity index (χ2n) is 6.73. The maximum atomic E-state index is 12.9. The zero-order valence-electron chi connectivity index (χ0n) is 17.1. The number of thioether (sulfide) groups is 1. The molecule has 0 spiro atoms. The van der Waals surface area contributed by atoms with E-state index in [0.29, 0.717) is 5.16 Å². The molecule has 1 N–H and O–H groups in total. The van der Waals surface area contributed by atoms with Crippen molar-refractivity contribution in [3.8, 4) is 22.6 Å². The van der Waals surface area contributed by atoms with E-state index in [0.717, 1.165) is 28.3 Å². The average Bonchev–Trinajstić information content (AvgIpc) is 3.28. The largest absolute Gasteiger partial charge is 0.497 e. The molecule has 8 heteroatoms. The van der Waals surface area contributed by atoms with Gasteiger partial charge in [0.1, 0.15) is 5.75 Å². The first-order valence-corrected chi connectivity index (χ1v) is 10.6. The second kappa shape index (κ2) is 9.44. The van der Waals surface area contributed by atoms with Crippen molar-refractivity contribution in [3.05, 3.63) is 78.9 Å². The number of para-hydroxylation sites is 1. The SMILES string of the molecule is COc1ccc(-n2nnnc2S[C@H](C)C(=O)Nc2ccccc2-c2ccccc2)cc1. The summed E-state index contributed by atoms with van der Waals surface area (Å²) in [6.07, 6.45) is 0. The van der Waals surface area contributed by atoms with Gasteiger partial charge in [-0.1, -0.05) is 60.3 Å². The lowest BCUT2D eigenvalue weighted by molar-refractivity contribution is -0.115. The van der Waals surface area contributed by atoms with Crippen LogP contribution in [-0.4, -0.2) is 38.5 Å². The summed E-state index contributed by atoms with van der Waals surface area (Å²) in [7, 11) is 1.61. The molecule has 1 aromatic heterocycles. The zero-order valence-corrected chi connectivity index (χ0v) is 17.9. The Labute approximate surface area is 184 Å². The van der Waals surface area contributed by atoms with Crippen LogP contribution in [0.25, 0.3) is 16.8 Å². The third-order valence-corrected chi connectivity index (χ3v) is 5.71. The number of carbonyl (C=O) groups is 1. The number of tetrazole rings is 1. The molecule has 1 atom stereocenters. The summed E-state index contributed by atoms with van der Waals surface area (Å²) in [5.74, 6) is 0.619. The summed E-state index contributed by atoms with van der Waals surface area (Å²) in [4.78, 5) is 12.9. The predicted octanol–water partition coefficient (Wildman–Crippen LogP) is 4.46. The Balaban J connectivity index is 1.49. The Bertz CT molecular complexity index is 1160. The Hall–Kier alpha value is -3.65. The minimum Gasteiger partial charge on any atom is -0.497 e. The summed E-state index contributed by atoms with van der Waals surface area (Å²) < 4.78 is 6.79. The quantitative estimate of drug-likeness (QED) is 0.435. The highest BCUT2D eigenvalue weighted by Crippen LogP contribution is 2.29. The van der Waals surface area contributed by atoms with E-state index in [1.165, 1.54) is 11.8 Å². The van der Waals surface area contributed by atoms with Gasteiger partial charge in [-0.2, -0.15) is 4.68 Å². The van der Waals surface area contributed by atoms with Gasteiger partial charge in [0.2, 0.25) is 11.1 Å². The van der Waals surface area contributed by atoms with Gasteiger partial charge in [-0.15, -0.1) is 5.10 Å². The van der Waals surface area contributed by atoms with E-state index in [-0.39, 0.29) is 5.91 Å². The molecule has 4 aromatic rings. The van der Waals surface area contributed by atoms with E-state index in [1.54, 1.807) is 11.8 Å². The molecule has 0 unspecified atom stereocenters. The van der Waals surface area contributed by atoms with Gasteiger partial charge < -0.3 is 10.1 Å². The second-order valence-corrected chi connectivity index (χ2v) is 8.04. The Morgan fingerprint density at radius 2 is 1.71 bits per heavy atom. The topological polar surface area (TPSA) is 81.9 Å². The van der Waals surface area contributed by atoms with E-state index in [2.05, 4.69) is 20.8 Å². The zero-order chi connectivity index (χ0) is 21.6. The van der Waals surface area contributed by atoms with Gasteiger partial charge >= 0.3 is 0 Å². The Morgan fingerprint density at radius 3 is 2.45 bits per heavy atom. The summed E-state index contributed by atoms with van der Waals surface area (Å²) in [5, 5.41) is 15.1. The maximum Gasteiger partial charge on any atom is 0.237 e. The van der Waals surface area contributed by atoms with Crippen LogP contribution in [0.3, 0.4) is 0 Å². The molecule has 3 aromatic carbocycles. The molecule has 0 aliphatic heterocycles. The summed E-state index contributed by atoms with van der Waals surface area (Å²) in [5.41, 5.74) is 3.56. The Morgan fingerprint density at radius 1 is 1.00 bits per heavy atom. The van der Waals surface area contributed by atoms with Crippen LogP contribution in [-0.2, 0) is 4.79 Å². The minimum absolute atomic E-state index is 0.127. The number of ether oxygens (including phenoxy) is 1. The monoisotopic (exact) mass is 431 g/mol. The van der Waals surface area contributed by atoms with E-state index in [4.69, 9.17) is 4.74 Å². The fourth-order valence-corrected chi connectivity index (χ4v) is 3.85. The lowest BCUT2D eigenvalue weighted by Gasteiger charge is -2.15. The molecule has 4 rings (SSSR count). The van der Waals surface area contributed by atoms with Gasteiger partial charge in [-0.05, 0) is 53.2 Å². The fourth-order valence-electron chi connectivity index (χ4n) is 3.05. The highest BCUT2D eigenvalue weighted by atomic mass is 32.2. The lowest BCUT2D eigenvalue weighted by atomic mass is 10.0. The number of amides is 1. The van der Waals surface area contributed by atoms with Crippen LogP contribution < -0.4 is 10.1 Å². The predicted molar refractivity (Wildman–Crippen MR) is 122 cm³/mol.